The summed E-state index contributed by atoms with van der Waals surface area (Å²) in [6.45, 7) is -0.659. The first-order valence-electron chi connectivity index (χ1n) is 9.52. The number of fused-ring (bicyclic) bond motifs is 1. The summed E-state index contributed by atoms with van der Waals surface area (Å²) in [7, 11) is 0. The number of carbonyl (C=O) groups is 4. The molecular weight excluding hydrogens is 394 g/mol. The van der Waals surface area contributed by atoms with E-state index in [1.165, 1.54) is 12.1 Å². The van der Waals surface area contributed by atoms with E-state index < -0.39 is 41.5 Å². The molecule has 1 aliphatic carbocycles. The standard InChI is InChI=1S/C19H19N5O6/c25-13(21-24-17(29)19(20-18(24)30)8-4-1-5-9-19)10-23-15(26)12-7-3-2-6-11(12)14(22-23)16(27)28/h2-3,6-7H,1,4-5,8-10H2,(H,20,30)(H,21,25)(H,27,28). The number of hydrazine groups is 1. The van der Waals surface area contributed by atoms with Gasteiger partial charge in [-0.3, -0.25) is 19.8 Å². The number of carboxylic acid groups (broad SMARTS) is 1. The number of nitrogens with zero attached hydrogens (tertiary/aromatic N) is 3. The second kappa shape index (κ2) is 7.25. The van der Waals surface area contributed by atoms with Crippen molar-refractivity contribution in [2.75, 3.05) is 0 Å². The maximum absolute atomic E-state index is 12.7. The number of rotatable bonds is 4. The van der Waals surface area contributed by atoms with Crippen LogP contribution < -0.4 is 16.3 Å². The summed E-state index contributed by atoms with van der Waals surface area (Å²) in [6, 6.07) is 5.29. The first kappa shape index (κ1) is 19.6. The molecule has 156 valence electrons. The lowest BCUT2D eigenvalue weighted by atomic mass is 9.82. The second-order valence-corrected chi connectivity index (χ2v) is 7.41. The van der Waals surface area contributed by atoms with Crippen LogP contribution >= 0.6 is 0 Å². The van der Waals surface area contributed by atoms with E-state index in [-0.39, 0.29) is 16.5 Å². The molecule has 4 rings (SSSR count). The minimum absolute atomic E-state index is 0.0915. The molecule has 0 unspecified atom stereocenters. The van der Waals surface area contributed by atoms with Crippen molar-refractivity contribution in [2.24, 2.45) is 0 Å². The minimum atomic E-state index is -1.35. The molecule has 0 bridgehead atoms. The first-order valence-corrected chi connectivity index (χ1v) is 9.52. The molecule has 3 N–H and O–H groups in total. The number of nitrogens with one attached hydrogen (secondary N) is 2. The van der Waals surface area contributed by atoms with Crippen LogP contribution in [0.4, 0.5) is 4.79 Å². The van der Waals surface area contributed by atoms with Crippen LogP contribution in [0.3, 0.4) is 0 Å². The number of aromatic carboxylic acids is 1. The van der Waals surface area contributed by atoms with Crippen LogP contribution in [-0.2, 0) is 16.1 Å². The maximum atomic E-state index is 12.7. The summed E-state index contributed by atoms with van der Waals surface area (Å²) >= 11 is 0. The highest BCUT2D eigenvalue weighted by atomic mass is 16.4. The first-order chi connectivity index (χ1) is 14.3. The fourth-order valence-corrected chi connectivity index (χ4v) is 4.01. The van der Waals surface area contributed by atoms with Gasteiger partial charge >= 0.3 is 12.0 Å². The Morgan fingerprint density at radius 3 is 2.43 bits per heavy atom. The van der Waals surface area contributed by atoms with Gasteiger partial charge in [0.15, 0.2) is 5.69 Å². The van der Waals surface area contributed by atoms with Gasteiger partial charge in [-0.2, -0.15) is 10.1 Å². The molecule has 30 heavy (non-hydrogen) atoms. The Labute approximate surface area is 169 Å². The Balaban J connectivity index is 1.58. The number of carbonyl (C=O) groups excluding carboxylic acids is 3. The van der Waals surface area contributed by atoms with Gasteiger partial charge in [0.1, 0.15) is 12.1 Å². The van der Waals surface area contributed by atoms with Crippen molar-refractivity contribution in [3.05, 3.63) is 40.3 Å². The number of carboxylic acids is 1. The zero-order valence-electron chi connectivity index (χ0n) is 15.9. The van der Waals surface area contributed by atoms with Crippen LogP contribution in [0, 0.1) is 0 Å². The van der Waals surface area contributed by atoms with E-state index in [9.17, 15) is 29.1 Å². The fraction of sp³-hybridized carbons (Fsp3) is 0.368. The molecule has 4 amide bonds. The van der Waals surface area contributed by atoms with Crippen LogP contribution in [0.15, 0.2) is 29.1 Å². The van der Waals surface area contributed by atoms with Gasteiger partial charge in [0.2, 0.25) is 0 Å². The highest BCUT2D eigenvalue weighted by Crippen LogP contribution is 2.32. The molecule has 0 atom stereocenters. The highest BCUT2D eigenvalue weighted by Gasteiger charge is 2.52. The van der Waals surface area contributed by atoms with Gasteiger partial charge < -0.3 is 10.4 Å². The normalized spacial score (nSPS) is 17.9. The number of benzene rings is 1. The van der Waals surface area contributed by atoms with Crippen LogP contribution in [0.25, 0.3) is 10.8 Å². The molecule has 0 radical (unpaired) electrons. The summed E-state index contributed by atoms with van der Waals surface area (Å²) < 4.78 is 0.704. The van der Waals surface area contributed by atoms with E-state index in [1.807, 2.05) is 0 Å². The van der Waals surface area contributed by atoms with Crippen molar-refractivity contribution in [1.29, 1.82) is 0 Å². The second-order valence-electron chi connectivity index (χ2n) is 7.41. The van der Waals surface area contributed by atoms with E-state index in [2.05, 4.69) is 15.8 Å². The average Bonchev–Trinajstić information content (AvgIpc) is 2.94. The molecule has 11 nitrogen and oxygen atoms in total. The summed E-state index contributed by atoms with van der Waals surface area (Å²) in [6.07, 6.45) is 3.55. The van der Waals surface area contributed by atoms with Gasteiger partial charge in [-0.25, -0.2) is 14.3 Å². The Bertz CT molecular complexity index is 1130. The highest BCUT2D eigenvalue weighted by molar-refractivity contribution is 6.08. The molecule has 11 heteroatoms. The van der Waals surface area contributed by atoms with Gasteiger partial charge in [0.25, 0.3) is 17.4 Å². The van der Waals surface area contributed by atoms with Crippen LogP contribution in [-0.4, -0.2) is 49.2 Å². The summed E-state index contributed by atoms with van der Waals surface area (Å²) in [5.41, 5.74) is 0.164. The number of aromatic nitrogens is 2. The van der Waals surface area contributed by atoms with Crippen LogP contribution in [0.1, 0.15) is 42.6 Å². The quantitative estimate of drug-likeness (QED) is 0.613. The van der Waals surface area contributed by atoms with E-state index in [0.717, 1.165) is 19.3 Å². The van der Waals surface area contributed by atoms with Crippen molar-refractivity contribution in [2.45, 2.75) is 44.2 Å². The molecule has 1 aliphatic heterocycles. The Morgan fingerprint density at radius 2 is 1.77 bits per heavy atom. The largest absolute Gasteiger partial charge is 0.476 e. The number of hydrogen-bond acceptors (Lipinski definition) is 6. The maximum Gasteiger partial charge on any atom is 0.357 e. The third kappa shape index (κ3) is 3.17. The van der Waals surface area contributed by atoms with Crippen molar-refractivity contribution in [3.8, 4) is 0 Å². The van der Waals surface area contributed by atoms with Crippen LogP contribution in [0.5, 0.6) is 0 Å². The van der Waals surface area contributed by atoms with Gasteiger partial charge in [-0.05, 0) is 18.9 Å². The number of urea groups is 1. The predicted molar refractivity (Wildman–Crippen MR) is 102 cm³/mol. The lowest BCUT2D eigenvalue weighted by Crippen LogP contribution is -2.51. The molecule has 1 aromatic carbocycles. The zero-order valence-corrected chi connectivity index (χ0v) is 15.9. The van der Waals surface area contributed by atoms with Crippen molar-refractivity contribution < 1.29 is 24.3 Å². The molecule has 1 aromatic heterocycles. The van der Waals surface area contributed by atoms with Crippen molar-refractivity contribution >= 4 is 34.6 Å². The van der Waals surface area contributed by atoms with E-state index in [0.29, 0.717) is 22.5 Å². The fourth-order valence-electron chi connectivity index (χ4n) is 4.01. The number of hydrogen-bond donors (Lipinski definition) is 3. The Morgan fingerprint density at radius 1 is 1.10 bits per heavy atom. The topological polar surface area (TPSA) is 151 Å². The molecular formula is C19H19N5O6. The van der Waals surface area contributed by atoms with Crippen molar-refractivity contribution in [1.82, 2.24) is 25.5 Å². The smallest absolute Gasteiger partial charge is 0.357 e. The molecule has 1 saturated heterocycles. The van der Waals surface area contributed by atoms with Gasteiger partial charge in [0, 0.05) is 5.39 Å². The Hall–Kier alpha value is -3.76. The molecule has 1 spiro atoms. The lowest BCUT2D eigenvalue weighted by molar-refractivity contribution is -0.140. The van der Waals surface area contributed by atoms with Crippen LogP contribution in [0.2, 0.25) is 0 Å². The number of amides is 4. The van der Waals surface area contributed by atoms with E-state index in [4.69, 9.17) is 0 Å². The third-order valence-electron chi connectivity index (χ3n) is 5.47. The van der Waals surface area contributed by atoms with Gasteiger partial charge in [-0.1, -0.05) is 37.5 Å². The lowest BCUT2D eigenvalue weighted by Gasteiger charge is -2.30. The molecule has 2 aromatic rings. The molecule has 2 aliphatic rings. The monoisotopic (exact) mass is 413 g/mol. The third-order valence-corrected chi connectivity index (χ3v) is 5.47. The van der Waals surface area contributed by atoms with Gasteiger partial charge in [0.05, 0.1) is 5.39 Å². The number of imide groups is 1. The van der Waals surface area contributed by atoms with E-state index >= 15 is 0 Å². The van der Waals surface area contributed by atoms with Gasteiger partial charge in [-0.15, -0.1) is 0 Å². The van der Waals surface area contributed by atoms with E-state index in [1.54, 1.807) is 12.1 Å². The SMILES string of the molecule is O=C(Cn1nc(C(=O)O)c2ccccc2c1=O)NN1C(=O)NC2(CCCCC2)C1=O. The summed E-state index contributed by atoms with van der Waals surface area (Å²) in [5.74, 6) is -2.74. The predicted octanol–water partition coefficient (Wildman–Crippen LogP) is 0.381. The summed E-state index contributed by atoms with van der Waals surface area (Å²) in [5, 5.41) is 16.7. The molecule has 1 saturated carbocycles. The zero-order chi connectivity index (χ0) is 21.5. The molecule has 2 heterocycles. The average molecular weight is 413 g/mol. The van der Waals surface area contributed by atoms with Crippen molar-refractivity contribution in [3.63, 3.8) is 0 Å². The molecule has 2 fully saturated rings. The summed E-state index contributed by atoms with van der Waals surface area (Å²) in [4.78, 5) is 61.6. The Kier molecular flexibility index (Phi) is 4.72. The minimum Gasteiger partial charge on any atom is -0.476 e.